The molecule has 0 bridgehead atoms. The molecule has 1 amide bonds. The van der Waals surface area contributed by atoms with Crippen LogP contribution in [0.3, 0.4) is 0 Å². The number of amidine groups is 2. The number of hydrogen-bond acceptors (Lipinski definition) is 7. The Morgan fingerprint density at radius 2 is 1.89 bits per heavy atom. The molecule has 0 aromatic heterocycles. The van der Waals surface area contributed by atoms with Gasteiger partial charge in [0, 0.05) is 0 Å². The lowest BCUT2D eigenvalue weighted by Crippen LogP contribution is -2.35. The number of amides is 1. The number of carbonyl (C=O) groups excluding carboxylic acids is 1. The number of hydrogen-bond donors (Lipinski definition) is 1. The number of unbranched alkanes of at least 4 members (excludes halogenated alkanes) is 1. The molecule has 2 heterocycles. The highest BCUT2D eigenvalue weighted by Crippen LogP contribution is 2.32. The van der Waals surface area contributed by atoms with Crippen LogP contribution in [0, 0.1) is 12.3 Å². The molecule has 2 aliphatic heterocycles. The van der Waals surface area contributed by atoms with Crippen LogP contribution in [0.5, 0.6) is 17.2 Å². The molecular weight excluding hydrogens is 476 g/mol. The topological polar surface area (TPSA) is 96.6 Å². The first-order chi connectivity index (χ1) is 17.5. The normalized spacial score (nSPS) is 16.1. The molecule has 1 N–H and O–H groups in total. The molecule has 0 radical (unpaired) electrons. The maximum atomic E-state index is 12.7. The van der Waals surface area contributed by atoms with Crippen molar-refractivity contribution < 1.29 is 19.0 Å². The number of aliphatic imine (C=N–C) groups is 1. The molecule has 0 fully saturated rings. The van der Waals surface area contributed by atoms with Crippen LogP contribution in [-0.2, 0) is 4.79 Å². The molecule has 0 spiro atoms. The maximum Gasteiger partial charge on any atom is 0.283 e. The minimum absolute atomic E-state index is 0.0237. The predicted molar refractivity (Wildman–Crippen MR) is 144 cm³/mol. The van der Waals surface area contributed by atoms with Crippen LogP contribution in [0.2, 0.25) is 0 Å². The highest BCUT2D eigenvalue weighted by molar-refractivity contribution is 8.26. The van der Waals surface area contributed by atoms with E-state index in [9.17, 15) is 4.79 Å². The van der Waals surface area contributed by atoms with Crippen molar-refractivity contribution in [1.29, 1.82) is 5.41 Å². The smallest absolute Gasteiger partial charge is 0.283 e. The molecular formula is C27H30N4O4S. The molecule has 0 atom stereocenters. The predicted octanol–water partition coefficient (Wildman–Crippen LogP) is 5.66. The second kappa shape index (κ2) is 11.9. The van der Waals surface area contributed by atoms with Gasteiger partial charge in [0.2, 0.25) is 5.17 Å². The van der Waals surface area contributed by atoms with E-state index in [2.05, 4.69) is 17.0 Å². The Hall–Kier alpha value is -3.59. The number of benzene rings is 2. The zero-order chi connectivity index (χ0) is 25.5. The summed E-state index contributed by atoms with van der Waals surface area (Å²) < 4.78 is 17.4. The monoisotopic (exact) mass is 506 g/mol. The maximum absolute atomic E-state index is 12.7. The van der Waals surface area contributed by atoms with E-state index < -0.39 is 5.91 Å². The summed E-state index contributed by atoms with van der Waals surface area (Å²) in [6.07, 6.45) is 4.51. The molecule has 2 aliphatic rings. The van der Waals surface area contributed by atoms with Crippen molar-refractivity contribution >= 4 is 39.8 Å². The van der Waals surface area contributed by atoms with E-state index in [1.807, 2.05) is 44.2 Å². The van der Waals surface area contributed by atoms with E-state index in [1.165, 1.54) is 16.8 Å². The number of hydrazone groups is 1. The van der Waals surface area contributed by atoms with Crippen LogP contribution in [0.1, 0.15) is 44.2 Å². The van der Waals surface area contributed by atoms with E-state index in [1.54, 1.807) is 18.2 Å². The Bertz CT molecular complexity index is 1240. The molecule has 4 rings (SSSR count). The first kappa shape index (κ1) is 25.5. The second-order valence-electron chi connectivity index (χ2n) is 8.27. The van der Waals surface area contributed by atoms with Crippen LogP contribution < -0.4 is 14.2 Å². The summed E-state index contributed by atoms with van der Waals surface area (Å²) in [5.74, 6) is 1.51. The zero-order valence-corrected chi connectivity index (χ0v) is 21.6. The minimum atomic E-state index is -0.447. The van der Waals surface area contributed by atoms with Crippen LogP contribution >= 0.6 is 11.8 Å². The van der Waals surface area contributed by atoms with E-state index in [-0.39, 0.29) is 11.4 Å². The fourth-order valence-corrected chi connectivity index (χ4v) is 4.57. The molecule has 2 aromatic carbocycles. The van der Waals surface area contributed by atoms with Gasteiger partial charge in [-0.25, -0.2) is 0 Å². The number of thioether (sulfide) groups is 1. The van der Waals surface area contributed by atoms with Crippen LogP contribution in [0.25, 0.3) is 6.08 Å². The lowest BCUT2D eigenvalue weighted by atomic mass is 10.1. The molecule has 0 unspecified atom stereocenters. The molecule has 8 nitrogen and oxygen atoms in total. The summed E-state index contributed by atoms with van der Waals surface area (Å²) in [7, 11) is 0. The van der Waals surface area contributed by atoms with Gasteiger partial charge in [-0.15, -0.1) is 0 Å². The molecule has 0 saturated carbocycles. The first-order valence-electron chi connectivity index (χ1n) is 12.1. The summed E-state index contributed by atoms with van der Waals surface area (Å²) in [5, 5.41) is 15.8. The van der Waals surface area contributed by atoms with Crippen molar-refractivity contribution in [3.8, 4) is 17.2 Å². The van der Waals surface area contributed by atoms with Gasteiger partial charge in [-0.2, -0.15) is 15.1 Å². The Morgan fingerprint density at radius 1 is 1.06 bits per heavy atom. The Morgan fingerprint density at radius 3 is 2.67 bits per heavy atom. The lowest BCUT2D eigenvalue weighted by Gasteiger charge is -2.20. The summed E-state index contributed by atoms with van der Waals surface area (Å²) in [6.45, 7) is 7.22. The number of aryl methyl sites for hydroxylation is 1. The van der Waals surface area contributed by atoms with Gasteiger partial charge in [-0.05, 0) is 79.9 Å². The molecule has 2 aromatic rings. The van der Waals surface area contributed by atoms with Crippen molar-refractivity contribution in [2.45, 2.75) is 40.0 Å². The SMILES string of the molecule is CCCCC1=NN2C(=N)/C(=C/c3ccc(OCCOc4cccc(C)c4)c(OCC)c3)C(=O)N=C2S1. The fourth-order valence-electron chi connectivity index (χ4n) is 3.65. The van der Waals surface area contributed by atoms with E-state index in [0.717, 1.165) is 35.6 Å². The molecule has 0 aliphatic carbocycles. The number of nitrogens with zero attached hydrogens (tertiary/aromatic N) is 3. The zero-order valence-electron chi connectivity index (χ0n) is 20.7. The van der Waals surface area contributed by atoms with Gasteiger partial charge in [0.25, 0.3) is 5.91 Å². The molecule has 9 heteroatoms. The first-order valence-corrected chi connectivity index (χ1v) is 12.9. The summed E-state index contributed by atoms with van der Waals surface area (Å²) in [4.78, 5) is 16.9. The largest absolute Gasteiger partial charge is 0.490 e. The highest BCUT2D eigenvalue weighted by atomic mass is 32.2. The van der Waals surface area contributed by atoms with Crippen LogP contribution in [-0.4, -0.2) is 46.8 Å². The van der Waals surface area contributed by atoms with Crippen molar-refractivity contribution in [2.75, 3.05) is 19.8 Å². The third kappa shape index (κ3) is 6.15. The van der Waals surface area contributed by atoms with Crippen LogP contribution in [0.4, 0.5) is 0 Å². The standard InChI is InChI=1S/C27H30N4O4S/c1-4-6-10-24-30-31-25(28)21(26(32)29-27(31)36-24)16-19-11-12-22(23(17-19)33-5-2)35-14-13-34-20-9-7-8-18(3)15-20/h7-9,11-12,15-17,28H,4-6,10,13-14H2,1-3H3/b21-16-,28-25?. The van der Waals surface area contributed by atoms with Crippen molar-refractivity contribution in [3.05, 3.63) is 59.2 Å². The number of fused-ring (bicyclic) bond motifs is 1. The quantitative estimate of drug-likeness (QED) is 0.312. The van der Waals surface area contributed by atoms with Gasteiger partial charge in [0.15, 0.2) is 17.3 Å². The van der Waals surface area contributed by atoms with Crippen LogP contribution in [0.15, 0.2) is 58.1 Å². The average Bonchev–Trinajstić information content (AvgIpc) is 3.27. The number of ether oxygens (including phenoxy) is 3. The Balaban J connectivity index is 1.45. The van der Waals surface area contributed by atoms with Gasteiger partial charge in [-0.1, -0.05) is 31.5 Å². The molecule has 188 valence electrons. The van der Waals surface area contributed by atoms with E-state index in [0.29, 0.717) is 42.1 Å². The summed E-state index contributed by atoms with van der Waals surface area (Å²) >= 11 is 1.36. The Kier molecular flexibility index (Phi) is 8.43. The number of nitrogens with one attached hydrogen (secondary N) is 1. The summed E-state index contributed by atoms with van der Waals surface area (Å²) in [6, 6.07) is 13.3. The average molecular weight is 507 g/mol. The third-order valence-corrected chi connectivity index (χ3v) is 6.39. The van der Waals surface area contributed by atoms with Crippen molar-refractivity contribution in [3.63, 3.8) is 0 Å². The minimum Gasteiger partial charge on any atom is -0.490 e. The number of rotatable bonds is 11. The second-order valence-corrected chi connectivity index (χ2v) is 9.31. The van der Waals surface area contributed by atoms with Gasteiger partial charge >= 0.3 is 0 Å². The van der Waals surface area contributed by atoms with E-state index in [4.69, 9.17) is 19.6 Å². The lowest BCUT2D eigenvalue weighted by molar-refractivity contribution is -0.114. The summed E-state index contributed by atoms with van der Waals surface area (Å²) in [5.41, 5.74) is 2.02. The van der Waals surface area contributed by atoms with Gasteiger partial charge in [0.1, 0.15) is 24.0 Å². The van der Waals surface area contributed by atoms with Crippen molar-refractivity contribution in [2.24, 2.45) is 10.1 Å². The van der Waals surface area contributed by atoms with Crippen molar-refractivity contribution in [1.82, 2.24) is 5.01 Å². The van der Waals surface area contributed by atoms with Gasteiger partial charge in [0.05, 0.1) is 12.2 Å². The molecule has 0 saturated heterocycles. The highest BCUT2D eigenvalue weighted by Gasteiger charge is 2.35. The molecule has 36 heavy (non-hydrogen) atoms. The third-order valence-electron chi connectivity index (χ3n) is 5.42. The van der Waals surface area contributed by atoms with Gasteiger partial charge in [-0.3, -0.25) is 10.2 Å². The fraction of sp³-hybridized carbons (Fsp3) is 0.333. The number of carbonyl (C=O) groups is 1. The van der Waals surface area contributed by atoms with Gasteiger partial charge < -0.3 is 14.2 Å². The Labute approximate surface area is 215 Å². The van der Waals surface area contributed by atoms with E-state index >= 15 is 0 Å².